The summed E-state index contributed by atoms with van der Waals surface area (Å²) in [5.74, 6) is 0.964. The van der Waals surface area contributed by atoms with Gasteiger partial charge in [0.1, 0.15) is 12.4 Å². The van der Waals surface area contributed by atoms with E-state index in [-0.39, 0.29) is 30.3 Å². The summed E-state index contributed by atoms with van der Waals surface area (Å²) in [6.07, 6.45) is 4.19. The first kappa shape index (κ1) is 22.7. The molecule has 0 spiro atoms. The topological polar surface area (TPSA) is 83.8 Å². The molecule has 0 saturated heterocycles. The van der Waals surface area contributed by atoms with Gasteiger partial charge in [0, 0.05) is 17.4 Å². The van der Waals surface area contributed by atoms with Crippen LogP contribution in [-0.2, 0) is 22.6 Å². The summed E-state index contributed by atoms with van der Waals surface area (Å²) in [5, 5.41) is 19.5. The van der Waals surface area contributed by atoms with E-state index < -0.39 is 11.4 Å². The summed E-state index contributed by atoms with van der Waals surface area (Å²) in [4.78, 5) is 24.2. The lowest BCUT2D eigenvalue weighted by Crippen LogP contribution is -2.42. The van der Waals surface area contributed by atoms with Crippen LogP contribution < -0.4 is 4.74 Å². The van der Waals surface area contributed by atoms with E-state index in [4.69, 9.17) is 9.84 Å². The fraction of sp³-hybridized carbons (Fsp3) is 0.448. The lowest BCUT2D eigenvalue weighted by atomic mass is 9.55. The van der Waals surface area contributed by atoms with Crippen molar-refractivity contribution in [1.29, 1.82) is 0 Å². The predicted molar refractivity (Wildman–Crippen MR) is 129 cm³/mol. The predicted octanol–water partition coefficient (Wildman–Crippen LogP) is 5.98. The smallest absolute Gasteiger partial charge is 0.303 e. The van der Waals surface area contributed by atoms with Gasteiger partial charge in [-0.1, -0.05) is 43.3 Å². The van der Waals surface area contributed by atoms with Crippen molar-refractivity contribution in [1.82, 2.24) is 0 Å². The van der Waals surface area contributed by atoms with Gasteiger partial charge < -0.3 is 14.9 Å². The first-order valence-corrected chi connectivity index (χ1v) is 12.3. The van der Waals surface area contributed by atoms with Gasteiger partial charge in [0.2, 0.25) is 0 Å². The number of ether oxygens (including phenoxy) is 1. The molecule has 34 heavy (non-hydrogen) atoms. The zero-order valence-corrected chi connectivity index (χ0v) is 19.6. The Bertz CT molecular complexity index is 1130. The standard InChI is InChI=1S/C29H32O5/c1-29-14-13-22-21-10-8-20(34-17-18-5-3-2-4-6-18)15-19(21)7-9-23(22)25(29)16-24(28(29)33)26(30)11-12-27(31)32/h2-6,8,10,15,22-23,25,30H,7,9,11-14,16-17H2,1H3,(H,31,32)/b26-24-/t22?,23?,25?,29-/m0/s1. The number of carbonyl (C=O) groups excluding carboxylic acids is 1. The molecule has 4 atom stereocenters. The molecule has 5 heteroatoms. The zero-order chi connectivity index (χ0) is 23.9. The number of aliphatic carboxylic acids is 1. The maximum absolute atomic E-state index is 13.3. The summed E-state index contributed by atoms with van der Waals surface area (Å²) < 4.78 is 6.05. The molecule has 178 valence electrons. The molecule has 0 aromatic heterocycles. The number of hydrogen-bond donors (Lipinski definition) is 2. The Morgan fingerprint density at radius 2 is 1.88 bits per heavy atom. The van der Waals surface area contributed by atoms with Gasteiger partial charge in [-0.15, -0.1) is 0 Å². The van der Waals surface area contributed by atoms with Gasteiger partial charge in [0.25, 0.3) is 0 Å². The number of aliphatic hydroxyl groups excluding tert-OH is 1. The fourth-order valence-corrected chi connectivity index (χ4v) is 6.65. The lowest BCUT2D eigenvalue weighted by molar-refractivity contribution is -0.137. The summed E-state index contributed by atoms with van der Waals surface area (Å²) in [6.45, 7) is 2.61. The normalized spacial score (nSPS) is 29.1. The highest BCUT2D eigenvalue weighted by molar-refractivity contribution is 6.03. The largest absolute Gasteiger partial charge is 0.512 e. The SMILES string of the molecule is C[C@]12CCC3c4ccc(OCc5ccccc5)cc4CCC3C1C/C(=C(/O)CCC(=O)O)C2=O. The molecule has 2 N–H and O–H groups in total. The number of allylic oxidation sites excluding steroid dienone is 2. The second kappa shape index (κ2) is 8.94. The maximum atomic E-state index is 13.3. The highest BCUT2D eigenvalue weighted by atomic mass is 16.5. The second-order valence-corrected chi connectivity index (χ2v) is 10.4. The fourth-order valence-electron chi connectivity index (χ4n) is 6.65. The number of aliphatic hydroxyl groups is 1. The first-order valence-electron chi connectivity index (χ1n) is 12.3. The molecule has 5 rings (SSSR count). The summed E-state index contributed by atoms with van der Waals surface area (Å²) in [5.41, 5.74) is 3.90. The molecule has 5 nitrogen and oxygen atoms in total. The highest BCUT2D eigenvalue weighted by Crippen LogP contribution is 2.61. The van der Waals surface area contributed by atoms with Crippen LogP contribution in [0.4, 0.5) is 0 Å². The molecule has 0 heterocycles. The average Bonchev–Trinajstić information content (AvgIpc) is 3.12. The van der Waals surface area contributed by atoms with Crippen LogP contribution in [-0.4, -0.2) is 22.0 Å². The van der Waals surface area contributed by atoms with Crippen molar-refractivity contribution in [2.75, 3.05) is 0 Å². The average molecular weight is 461 g/mol. The molecule has 0 bridgehead atoms. The van der Waals surface area contributed by atoms with Crippen LogP contribution in [0.25, 0.3) is 0 Å². The molecule has 0 amide bonds. The van der Waals surface area contributed by atoms with E-state index >= 15 is 0 Å². The maximum Gasteiger partial charge on any atom is 0.303 e. The Balaban J connectivity index is 1.34. The van der Waals surface area contributed by atoms with Gasteiger partial charge in [-0.3, -0.25) is 9.59 Å². The number of carboxylic acid groups (broad SMARTS) is 1. The highest BCUT2D eigenvalue weighted by Gasteiger charge is 2.57. The Hall–Kier alpha value is -3.08. The van der Waals surface area contributed by atoms with Gasteiger partial charge in [0.15, 0.2) is 5.78 Å². The van der Waals surface area contributed by atoms with E-state index in [0.29, 0.717) is 30.4 Å². The summed E-state index contributed by atoms with van der Waals surface area (Å²) in [6, 6.07) is 16.6. The number of aryl methyl sites for hydroxylation is 1. The molecular formula is C29H32O5. The molecule has 2 aromatic rings. The van der Waals surface area contributed by atoms with Crippen LogP contribution in [0.5, 0.6) is 5.75 Å². The lowest BCUT2D eigenvalue weighted by Gasteiger charge is -2.48. The molecule has 3 unspecified atom stereocenters. The number of benzene rings is 2. The molecule has 2 fully saturated rings. The van der Waals surface area contributed by atoms with Gasteiger partial charge in [-0.25, -0.2) is 0 Å². The molecule has 2 saturated carbocycles. The third kappa shape index (κ3) is 4.02. The monoisotopic (exact) mass is 460 g/mol. The van der Waals surface area contributed by atoms with Crippen LogP contribution in [0.2, 0.25) is 0 Å². The van der Waals surface area contributed by atoms with E-state index in [1.807, 2.05) is 18.2 Å². The van der Waals surface area contributed by atoms with Crippen LogP contribution in [0.1, 0.15) is 68.1 Å². The Morgan fingerprint density at radius 1 is 1.09 bits per heavy atom. The molecule has 0 radical (unpaired) electrons. The Kier molecular flexibility index (Phi) is 5.97. The minimum Gasteiger partial charge on any atom is -0.512 e. The number of ketones is 1. The van der Waals surface area contributed by atoms with Crippen molar-refractivity contribution in [2.24, 2.45) is 17.3 Å². The van der Waals surface area contributed by atoms with Gasteiger partial charge in [-0.2, -0.15) is 0 Å². The third-order valence-electron chi connectivity index (χ3n) is 8.48. The summed E-state index contributed by atoms with van der Waals surface area (Å²) >= 11 is 0. The van der Waals surface area contributed by atoms with Crippen LogP contribution in [0.3, 0.4) is 0 Å². The number of fused-ring (bicyclic) bond motifs is 5. The van der Waals surface area contributed by atoms with Gasteiger partial charge >= 0.3 is 5.97 Å². The van der Waals surface area contributed by atoms with Crippen molar-refractivity contribution >= 4 is 11.8 Å². The third-order valence-corrected chi connectivity index (χ3v) is 8.48. The number of carboxylic acids is 1. The van der Waals surface area contributed by atoms with E-state index in [1.54, 1.807) is 0 Å². The molecule has 2 aromatic carbocycles. The minimum atomic E-state index is -0.961. The van der Waals surface area contributed by atoms with E-state index in [9.17, 15) is 14.7 Å². The van der Waals surface area contributed by atoms with Crippen molar-refractivity contribution < 1.29 is 24.5 Å². The second-order valence-electron chi connectivity index (χ2n) is 10.4. The van der Waals surface area contributed by atoms with E-state index in [0.717, 1.165) is 37.0 Å². The molecule has 0 aliphatic heterocycles. The molecule has 3 aliphatic carbocycles. The first-order chi connectivity index (χ1) is 16.4. The van der Waals surface area contributed by atoms with Gasteiger partial charge in [-0.05, 0) is 78.7 Å². The summed E-state index contributed by atoms with van der Waals surface area (Å²) in [7, 11) is 0. The zero-order valence-electron chi connectivity index (χ0n) is 19.6. The van der Waals surface area contributed by atoms with Crippen molar-refractivity contribution in [3.63, 3.8) is 0 Å². The quantitative estimate of drug-likeness (QED) is 0.409. The Labute approximate surface area is 200 Å². The van der Waals surface area contributed by atoms with Crippen LogP contribution in [0.15, 0.2) is 59.9 Å². The number of Topliss-reactive ketones (excluding diaryl/α,β-unsaturated/α-hetero) is 1. The molecule has 3 aliphatic rings. The van der Waals surface area contributed by atoms with Crippen LogP contribution in [0, 0.1) is 17.3 Å². The van der Waals surface area contributed by atoms with Crippen LogP contribution >= 0.6 is 0 Å². The van der Waals surface area contributed by atoms with Crippen molar-refractivity contribution in [3.05, 3.63) is 76.6 Å². The Morgan fingerprint density at radius 3 is 2.65 bits per heavy atom. The molecular weight excluding hydrogens is 428 g/mol. The number of carbonyl (C=O) groups is 2. The van der Waals surface area contributed by atoms with Crippen molar-refractivity contribution in [3.8, 4) is 5.75 Å². The minimum absolute atomic E-state index is 0.0176. The van der Waals surface area contributed by atoms with E-state index in [2.05, 4.69) is 37.3 Å². The number of rotatable bonds is 6. The van der Waals surface area contributed by atoms with Gasteiger partial charge in [0.05, 0.1) is 12.2 Å². The number of hydrogen-bond acceptors (Lipinski definition) is 4. The van der Waals surface area contributed by atoms with Crippen molar-refractivity contribution in [2.45, 2.75) is 64.4 Å². The van der Waals surface area contributed by atoms with E-state index in [1.165, 1.54) is 11.1 Å².